The number of aryl methyl sites for hydroxylation is 1. The van der Waals surface area contributed by atoms with E-state index in [1.54, 1.807) is 36.9 Å². The van der Waals surface area contributed by atoms with Gasteiger partial charge < -0.3 is 13.8 Å². The predicted octanol–water partition coefficient (Wildman–Crippen LogP) is 3.69. The van der Waals surface area contributed by atoms with Crippen molar-refractivity contribution in [3.05, 3.63) is 64.9 Å². The third kappa shape index (κ3) is 3.42. The number of hydrogen-bond acceptors (Lipinski definition) is 5. The molecule has 0 saturated heterocycles. The Hall–Kier alpha value is -3.22. The molecule has 0 aliphatic carbocycles. The Morgan fingerprint density at radius 3 is 2.58 bits per heavy atom. The highest BCUT2D eigenvalue weighted by atomic mass is 19.1. The predicted molar refractivity (Wildman–Crippen MR) is 91.2 cm³/mol. The molecule has 0 amide bonds. The van der Waals surface area contributed by atoms with Gasteiger partial charge in [0.15, 0.2) is 11.5 Å². The topological polar surface area (TPSA) is 74.3 Å². The van der Waals surface area contributed by atoms with Gasteiger partial charge in [0, 0.05) is 29.9 Å². The van der Waals surface area contributed by atoms with E-state index in [-0.39, 0.29) is 23.9 Å². The molecule has 1 aromatic carbocycles. The zero-order valence-corrected chi connectivity index (χ0v) is 14.6. The summed E-state index contributed by atoms with van der Waals surface area (Å²) in [5.74, 6) is -0.539. The van der Waals surface area contributed by atoms with Crippen molar-refractivity contribution < 1.29 is 23.2 Å². The molecule has 2 aromatic heterocycles. The first-order valence-electron chi connectivity index (χ1n) is 7.92. The molecule has 134 valence electrons. The molecule has 3 aromatic rings. The number of carbonyl (C=O) groups excluding carboxylic acids is 2. The molecule has 0 unspecified atom stereocenters. The lowest BCUT2D eigenvalue weighted by molar-refractivity contribution is 0.0452. The van der Waals surface area contributed by atoms with Crippen molar-refractivity contribution in [2.75, 3.05) is 0 Å². The molecule has 0 bridgehead atoms. The zero-order valence-electron chi connectivity index (χ0n) is 14.6. The SMILES string of the molecule is CC(=O)c1cc(C(=O)OCc2noc(-c3ccc(F)cc3)c2C)n(C)c1. The molecule has 2 heterocycles. The Kier molecular flexibility index (Phi) is 4.71. The third-order valence-electron chi connectivity index (χ3n) is 4.09. The van der Waals surface area contributed by atoms with Crippen LogP contribution in [0.15, 0.2) is 41.1 Å². The van der Waals surface area contributed by atoms with E-state index in [4.69, 9.17) is 9.26 Å². The Morgan fingerprint density at radius 1 is 1.27 bits per heavy atom. The van der Waals surface area contributed by atoms with Crippen molar-refractivity contribution in [3.63, 3.8) is 0 Å². The van der Waals surface area contributed by atoms with Crippen LogP contribution in [0.25, 0.3) is 11.3 Å². The molecule has 0 radical (unpaired) electrons. The van der Waals surface area contributed by atoms with E-state index in [1.807, 2.05) is 0 Å². The minimum Gasteiger partial charge on any atom is -0.454 e. The standard InChI is InChI=1S/C19H17FN2O4/c1-11-16(21-26-18(11)13-4-6-15(20)7-5-13)10-25-19(24)17-8-14(12(2)23)9-22(17)3/h4-9H,10H2,1-3H3. The number of nitrogens with zero attached hydrogens (tertiary/aromatic N) is 2. The monoisotopic (exact) mass is 356 g/mol. The first-order valence-corrected chi connectivity index (χ1v) is 7.92. The number of Topliss-reactive ketones (excluding diaryl/α,β-unsaturated/α-hetero) is 1. The maximum absolute atomic E-state index is 13.0. The summed E-state index contributed by atoms with van der Waals surface area (Å²) in [6, 6.07) is 7.33. The summed E-state index contributed by atoms with van der Waals surface area (Å²) < 4.78 is 25.2. The average molecular weight is 356 g/mol. The fraction of sp³-hybridized carbons (Fsp3) is 0.211. The molecule has 0 fully saturated rings. The van der Waals surface area contributed by atoms with E-state index < -0.39 is 5.97 Å². The summed E-state index contributed by atoms with van der Waals surface area (Å²) in [5.41, 5.74) is 2.58. The largest absolute Gasteiger partial charge is 0.454 e. The number of ketones is 1. The number of rotatable bonds is 5. The van der Waals surface area contributed by atoms with Gasteiger partial charge in [-0.25, -0.2) is 9.18 Å². The van der Waals surface area contributed by atoms with Crippen LogP contribution in [-0.4, -0.2) is 21.5 Å². The van der Waals surface area contributed by atoms with Gasteiger partial charge in [0.05, 0.1) is 0 Å². The zero-order chi connectivity index (χ0) is 18.8. The number of aromatic nitrogens is 2. The number of esters is 1. The van der Waals surface area contributed by atoms with Crippen molar-refractivity contribution in [1.29, 1.82) is 0 Å². The molecule has 6 nitrogen and oxygen atoms in total. The molecular formula is C19H17FN2O4. The lowest BCUT2D eigenvalue weighted by Crippen LogP contribution is -2.10. The van der Waals surface area contributed by atoms with Crippen LogP contribution in [-0.2, 0) is 18.4 Å². The second-order valence-corrected chi connectivity index (χ2v) is 5.95. The van der Waals surface area contributed by atoms with Crippen molar-refractivity contribution in [1.82, 2.24) is 9.72 Å². The minimum absolute atomic E-state index is 0.0735. The Bertz CT molecular complexity index is 970. The van der Waals surface area contributed by atoms with E-state index in [0.717, 1.165) is 0 Å². The highest BCUT2D eigenvalue weighted by molar-refractivity contribution is 5.97. The van der Waals surface area contributed by atoms with Gasteiger partial charge in [-0.3, -0.25) is 4.79 Å². The number of halogens is 1. The van der Waals surface area contributed by atoms with Crippen molar-refractivity contribution in [3.8, 4) is 11.3 Å². The average Bonchev–Trinajstić information content (AvgIpc) is 3.17. The Balaban J connectivity index is 1.73. The van der Waals surface area contributed by atoms with Crippen molar-refractivity contribution in [2.45, 2.75) is 20.5 Å². The number of carbonyl (C=O) groups is 2. The first-order chi connectivity index (χ1) is 12.4. The Labute approximate surface area is 149 Å². The number of benzene rings is 1. The molecule has 3 rings (SSSR count). The van der Waals surface area contributed by atoms with Gasteiger partial charge in [-0.15, -0.1) is 0 Å². The second kappa shape index (κ2) is 6.95. The van der Waals surface area contributed by atoms with Crippen LogP contribution in [0.3, 0.4) is 0 Å². The molecule has 0 aliphatic rings. The van der Waals surface area contributed by atoms with Crippen LogP contribution in [0, 0.1) is 12.7 Å². The van der Waals surface area contributed by atoms with Crippen LogP contribution >= 0.6 is 0 Å². The molecule has 0 spiro atoms. The van der Waals surface area contributed by atoms with Crippen molar-refractivity contribution >= 4 is 11.8 Å². The van der Waals surface area contributed by atoms with Gasteiger partial charge in [-0.1, -0.05) is 5.16 Å². The lowest BCUT2D eigenvalue weighted by atomic mass is 10.1. The summed E-state index contributed by atoms with van der Waals surface area (Å²) >= 11 is 0. The van der Waals surface area contributed by atoms with Crippen molar-refractivity contribution in [2.24, 2.45) is 7.05 Å². The fourth-order valence-corrected chi connectivity index (χ4v) is 2.54. The highest BCUT2D eigenvalue weighted by Crippen LogP contribution is 2.26. The van der Waals surface area contributed by atoms with Gasteiger partial charge in [0.2, 0.25) is 0 Å². The summed E-state index contributed by atoms with van der Waals surface area (Å²) in [6.45, 7) is 3.14. The van der Waals surface area contributed by atoms with E-state index in [0.29, 0.717) is 28.1 Å². The van der Waals surface area contributed by atoms with Gasteiger partial charge in [-0.2, -0.15) is 0 Å². The molecule has 0 aliphatic heterocycles. The van der Waals surface area contributed by atoms with Gasteiger partial charge in [0.25, 0.3) is 0 Å². The van der Waals surface area contributed by atoms with Crippen LogP contribution in [0.2, 0.25) is 0 Å². The van der Waals surface area contributed by atoms with Gasteiger partial charge >= 0.3 is 5.97 Å². The highest BCUT2D eigenvalue weighted by Gasteiger charge is 2.18. The summed E-state index contributed by atoms with van der Waals surface area (Å²) in [4.78, 5) is 23.7. The van der Waals surface area contributed by atoms with Crippen LogP contribution in [0.4, 0.5) is 4.39 Å². The summed E-state index contributed by atoms with van der Waals surface area (Å²) in [7, 11) is 1.66. The molecule has 7 heteroatoms. The van der Waals surface area contributed by atoms with Gasteiger partial charge in [0.1, 0.15) is 23.8 Å². The fourth-order valence-electron chi connectivity index (χ4n) is 2.54. The second-order valence-electron chi connectivity index (χ2n) is 5.95. The molecule has 0 atom stereocenters. The van der Waals surface area contributed by atoms with Crippen LogP contribution in [0.1, 0.15) is 39.0 Å². The molecular weight excluding hydrogens is 339 g/mol. The number of hydrogen-bond donors (Lipinski definition) is 0. The Morgan fingerprint density at radius 2 is 1.96 bits per heavy atom. The van der Waals surface area contributed by atoms with Crippen LogP contribution < -0.4 is 0 Å². The summed E-state index contributed by atoms with van der Waals surface area (Å²) in [5, 5.41) is 3.93. The number of ether oxygens (including phenoxy) is 1. The molecule has 0 N–H and O–H groups in total. The van der Waals surface area contributed by atoms with E-state index in [9.17, 15) is 14.0 Å². The van der Waals surface area contributed by atoms with Crippen LogP contribution in [0.5, 0.6) is 0 Å². The smallest absolute Gasteiger partial charge is 0.355 e. The summed E-state index contributed by atoms with van der Waals surface area (Å²) in [6.07, 6.45) is 1.58. The lowest BCUT2D eigenvalue weighted by Gasteiger charge is -2.04. The van der Waals surface area contributed by atoms with E-state index in [1.165, 1.54) is 25.1 Å². The van der Waals surface area contributed by atoms with E-state index in [2.05, 4.69) is 5.16 Å². The maximum Gasteiger partial charge on any atom is 0.355 e. The van der Waals surface area contributed by atoms with Gasteiger partial charge in [-0.05, 0) is 44.2 Å². The maximum atomic E-state index is 13.0. The molecule has 26 heavy (non-hydrogen) atoms. The molecule has 0 saturated carbocycles. The first kappa shape index (κ1) is 17.6. The normalized spacial score (nSPS) is 10.8. The quantitative estimate of drug-likeness (QED) is 0.515. The third-order valence-corrected chi connectivity index (χ3v) is 4.09. The minimum atomic E-state index is -0.564. The van der Waals surface area contributed by atoms with E-state index >= 15 is 0 Å².